The van der Waals surface area contributed by atoms with Gasteiger partial charge in [0.05, 0.1) is 11.7 Å². The van der Waals surface area contributed by atoms with Gasteiger partial charge in [0.15, 0.2) is 0 Å². The molecule has 90 valence electrons. The van der Waals surface area contributed by atoms with Crippen molar-refractivity contribution in [3.8, 4) is 0 Å². The van der Waals surface area contributed by atoms with Crippen LogP contribution in [0.2, 0.25) is 5.02 Å². The molecule has 1 aromatic carbocycles. The Morgan fingerprint density at radius 2 is 2.24 bits per heavy atom. The summed E-state index contributed by atoms with van der Waals surface area (Å²) in [6.07, 6.45) is 0. The summed E-state index contributed by atoms with van der Waals surface area (Å²) in [5.74, 6) is 1.12. The number of aliphatic imine (C=N–C) groups is 1. The molecule has 0 aliphatic carbocycles. The van der Waals surface area contributed by atoms with E-state index in [1.54, 1.807) is 0 Å². The van der Waals surface area contributed by atoms with Crippen molar-refractivity contribution in [2.24, 2.45) is 4.99 Å². The highest BCUT2D eigenvalue weighted by molar-refractivity contribution is 6.30. The molecule has 0 N–H and O–H groups in total. The second kappa shape index (κ2) is 3.91. The van der Waals surface area contributed by atoms with Crippen molar-refractivity contribution in [3.63, 3.8) is 0 Å². The summed E-state index contributed by atoms with van der Waals surface area (Å²) in [6.45, 7) is 7.54. The lowest BCUT2D eigenvalue weighted by molar-refractivity contribution is 0.364. The molecular weight excluding hydrogens is 234 g/mol. The topological polar surface area (TPSA) is 18.8 Å². The Balaban J connectivity index is 2.09. The SMILES string of the molecule is CCN1CCN2C1=Nc1ccc(Cl)cc1C2C. The Hall–Kier alpha value is -1.22. The number of hydrogen-bond donors (Lipinski definition) is 0. The third kappa shape index (κ3) is 1.61. The second-order valence-electron chi connectivity index (χ2n) is 4.56. The molecule has 1 unspecified atom stereocenters. The van der Waals surface area contributed by atoms with Crippen molar-refractivity contribution in [1.29, 1.82) is 0 Å². The van der Waals surface area contributed by atoms with Crippen LogP contribution in [0, 0.1) is 0 Å². The molecule has 3 nitrogen and oxygen atoms in total. The maximum atomic E-state index is 6.06. The zero-order chi connectivity index (χ0) is 12.0. The lowest BCUT2D eigenvalue weighted by Crippen LogP contribution is -2.37. The summed E-state index contributed by atoms with van der Waals surface area (Å²) >= 11 is 6.06. The van der Waals surface area contributed by atoms with Crippen LogP contribution in [0.3, 0.4) is 0 Å². The van der Waals surface area contributed by atoms with E-state index in [-0.39, 0.29) is 0 Å². The number of rotatable bonds is 1. The number of nitrogens with zero attached hydrogens (tertiary/aromatic N) is 3. The van der Waals surface area contributed by atoms with Crippen LogP contribution in [-0.2, 0) is 0 Å². The third-order valence-corrected chi connectivity index (χ3v) is 3.90. The maximum Gasteiger partial charge on any atom is 0.202 e. The predicted molar refractivity (Wildman–Crippen MR) is 70.9 cm³/mol. The molecule has 1 aromatic rings. The van der Waals surface area contributed by atoms with E-state index >= 15 is 0 Å². The van der Waals surface area contributed by atoms with Gasteiger partial charge >= 0.3 is 0 Å². The molecule has 4 heteroatoms. The van der Waals surface area contributed by atoms with Crippen LogP contribution in [0.5, 0.6) is 0 Å². The fourth-order valence-electron chi connectivity index (χ4n) is 2.65. The second-order valence-corrected chi connectivity index (χ2v) is 5.00. The highest BCUT2D eigenvalue weighted by atomic mass is 35.5. The number of guanidine groups is 1. The van der Waals surface area contributed by atoms with Crippen LogP contribution in [0.25, 0.3) is 0 Å². The minimum atomic E-state index is 0.368. The van der Waals surface area contributed by atoms with Crippen LogP contribution in [0.1, 0.15) is 25.5 Å². The van der Waals surface area contributed by atoms with Gasteiger partial charge in [-0.3, -0.25) is 0 Å². The van der Waals surface area contributed by atoms with Crippen molar-refractivity contribution in [2.45, 2.75) is 19.9 Å². The van der Waals surface area contributed by atoms with Crippen LogP contribution >= 0.6 is 11.6 Å². The Kier molecular flexibility index (Phi) is 2.51. The van der Waals surface area contributed by atoms with E-state index < -0.39 is 0 Å². The van der Waals surface area contributed by atoms with Gasteiger partial charge in [0.2, 0.25) is 5.96 Å². The highest BCUT2D eigenvalue weighted by Gasteiger charge is 2.34. The van der Waals surface area contributed by atoms with Crippen molar-refractivity contribution < 1.29 is 0 Å². The van der Waals surface area contributed by atoms with Gasteiger partial charge in [-0.1, -0.05) is 11.6 Å². The molecule has 0 aromatic heterocycles. The molecule has 2 aliphatic rings. The summed E-state index contributed by atoms with van der Waals surface area (Å²) in [6, 6.07) is 6.34. The van der Waals surface area contributed by atoms with E-state index in [1.807, 2.05) is 18.2 Å². The minimum absolute atomic E-state index is 0.368. The van der Waals surface area contributed by atoms with E-state index in [2.05, 4.69) is 23.6 Å². The lowest BCUT2D eigenvalue weighted by atomic mass is 10.0. The number of fused-ring (bicyclic) bond motifs is 2. The Morgan fingerprint density at radius 3 is 3.00 bits per heavy atom. The lowest BCUT2D eigenvalue weighted by Gasteiger charge is -2.33. The molecule has 0 radical (unpaired) electrons. The third-order valence-electron chi connectivity index (χ3n) is 3.66. The van der Waals surface area contributed by atoms with Crippen molar-refractivity contribution in [2.75, 3.05) is 19.6 Å². The first-order valence-electron chi connectivity index (χ1n) is 6.10. The molecule has 0 amide bonds. The quantitative estimate of drug-likeness (QED) is 0.762. The van der Waals surface area contributed by atoms with Gasteiger partial charge < -0.3 is 9.80 Å². The Bertz CT molecular complexity index is 484. The number of halogens is 1. The van der Waals surface area contributed by atoms with Crippen LogP contribution in [0.4, 0.5) is 5.69 Å². The Morgan fingerprint density at radius 1 is 1.41 bits per heavy atom. The van der Waals surface area contributed by atoms with E-state index in [0.29, 0.717) is 6.04 Å². The zero-order valence-electron chi connectivity index (χ0n) is 10.2. The van der Waals surface area contributed by atoms with Crippen LogP contribution in [0.15, 0.2) is 23.2 Å². The normalized spacial score (nSPS) is 22.3. The van der Waals surface area contributed by atoms with Crippen molar-refractivity contribution in [1.82, 2.24) is 9.80 Å². The molecule has 0 spiro atoms. The number of likely N-dealkylation sites (N-methyl/N-ethyl adjacent to an activating group) is 1. The van der Waals surface area contributed by atoms with E-state index in [4.69, 9.17) is 16.6 Å². The summed E-state index contributed by atoms with van der Waals surface area (Å²) in [5, 5.41) is 0.792. The summed E-state index contributed by atoms with van der Waals surface area (Å²) in [5.41, 5.74) is 2.30. The maximum absolute atomic E-state index is 6.06. The number of benzene rings is 1. The zero-order valence-corrected chi connectivity index (χ0v) is 10.9. The van der Waals surface area contributed by atoms with Gasteiger partial charge in [-0.15, -0.1) is 0 Å². The molecule has 0 saturated carbocycles. The van der Waals surface area contributed by atoms with Gasteiger partial charge in [-0.25, -0.2) is 4.99 Å². The van der Waals surface area contributed by atoms with Gasteiger partial charge in [-0.2, -0.15) is 0 Å². The van der Waals surface area contributed by atoms with Gasteiger partial charge in [-0.05, 0) is 32.0 Å². The standard InChI is InChI=1S/C13H16ClN3/c1-3-16-6-7-17-9(2)11-8-10(14)4-5-12(11)15-13(16)17/h4-5,8-9H,3,6-7H2,1-2H3. The Labute approximate surface area is 107 Å². The summed E-state index contributed by atoms with van der Waals surface area (Å²) < 4.78 is 0. The first kappa shape index (κ1) is 10.9. The fourth-order valence-corrected chi connectivity index (χ4v) is 2.83. The molecule has 0 bridgehead atoms. The van der Waals surface area contributed by atoms with E-state index in [1.165, 1.54) is 5.56 Å². The largest absolute Gasteiger partial charge is 0.341 e. The molecule has 1 saturated heterocycles. The minimum Gasteiger partial charge on any atom is -0.341 e. The molecule has 17 heavy (non-hydrogen) atoms. The predicted octanol–water partition coefficient (Wildman–Crippen LogP) is 3.04. The molecule has 1 fully saturated rings. The van der Waals surface area contributed by atoms with Gasteiger partial charge in [0.1, 0.15) is 0 Å². The fraction of sp³-hybridized carbons (Fsp3) is 0.462. The van der Waals surface area contributed by atoms with Crippen molar-refractivity contribution in [3.05, 3.63) is 28.8 Å². The summed E-state index contributed by atoms with van der Waals surface area (Å²) in [7, 11) is 0. The molecule has 2 heterocycles. The van der Waals surface area contributed by atoms with Crippen molar-refractivity contribution >= 4 is 23.2 Å². The van der Waals surface area contributed by atoms with Crippen LogP contribution < -0.4 is 0 Å². The van der Waals surface area contributed by atoms with Crippen LogP contribution in [-0.4, -0.2) is 35.4 Å². The first-order valence-corrected chi connectivity index (χ1v) is 6.48. The highest BCUT2D eigenvalue weighted by Crippen LogP contribution is 2.38. The van der Waals surface area contributed by atoms with Gasteiger partial charge in [0, 0.05) is 30.2 Å². The molecule has 2 aliphatic heterocycles. The molecule has 3 rings (SSSR count). The van der Waals surface area contributed by atoms with E-state index in [0.717, 1.165) is 36.3 Å². The summed E-state index contributed by atoms with van der Waals surface area (Å²) in [4.78, 5) is 9.45. The molecule has 1 atom stereocenters. The first-order chi connectivity index (χ1) is 8.20. The molecular formula is C13H16ClN3. The van der Waals surface area contributed by atoms with E-state index in [9.17, 15) is 0 Å². The average molecular weight is 250 g/mol. The monoisotopic (exact) mass is 249 g/mol. The smallest absolute Gasteiger partial charge is 0.202 e. The number of hydrogen-bond acceptors (Lipinski definition) is 3. The van der Waals surface area contributed by atoms with Gasteiger partial charge in [0.25, 0.3) is 0 Å². The average Bonchev–Trinajstić information content (AvgIpc) is 2.73.